The Bertz CT molecular complexity index is 453. The van der Waals surface area contributed by atoms with Gasteiger partial charge in [0.1, 0.15) is 0 Å². The SMILES string of the molecule is NC1C2CCCC1CC(C(=O)NCC(=O)NCCN1CCOCC1)C2. The minimum atomic E-state index is -0.116. The Morgan fingerprint density at radius 1 is 1.08 bits per heavy atom. The highest BCUT2D eigenvalue weighted by atomic mass is 16.5. The lowest BCUT2D eigenvalue weighted by Crippen LogP contribution is -2.50. The molecule has 1 aliphatic heterocycles. The van der Waals surface area contributed by atoms with E-state index in [0.717, 1.165) is 58.5 Å². The molecule has 1 saturated heterocycles. The lowest BCUT2D eigenvalue weighted by atomic mass is 9.65. The summed E-state index contributed by atoms with van der Waals surface area (Å²) >= 11 is 0. The number of nitrogens with two attached hydrogens (primary N) is 1. The smallest absolute Gasteiger partial charge is 0.239 e. The maximum atomic E-state index is 12.4. The van der Waals surface area contributed by atoms with Crippen LogP contribution in [-0.2, 0) is 14.3 Å². The predicted octanol–water partition coefficient (Wildman–Crippen LogP) is -0.295. The molecule has 0 radical (unpaired) electrons. The zero-order valence-corrected chi connectivity index (χ0v) is 15.0. The average Bonchev–Trinajstić information content (AvgIpc) is 2.60. The third kappa shape index (κ3) is 5.15. The topological polar surface area (TPSA) is 96.7 Å². The molecule has 2 unspecified atom stereocenters. The fourth-order valence-corrected chi connectivity index (χ4v) is 4.56. The molecule has 1 heterocycles. The summed E-state index contributed by atoms with van der Waals surface area (Å²) in [6.45, 7) is 4.86. The van der Waals surface area contributed by atoms with Gasteiger partial charge in [0.25, 0.3) is 0 Å². The maximum absolute atomic E-state index is 12.4. The maximum Gasteiger partial charge on any atom is 0.239 e. The van der Waals surface area contributed by atoms with Crippen molar-refractivity contribution in [3.8, 4) is 0 Å². The van der Waals surface area contributed by atoms with Gasteiger partial charge in [0.15, 0.2) is 0 Å². The molecule has 7 nitrogen and oxygen atoms in total. The van der Waals surface area contributed by atoms with Gasteiger partial charge in [-0.3, -0.25) is 14.5 Å². The van der Waals surface area contributed by atoms with Crippen molar-refractivity contribution in [1.82, 2.24) is 15.5 Å². The lowest BCUT2D eigenvalue weighted by Gasteiger charge is -2.43. The number of ether oxygens (including phenoxy) is 1. The molecule has 2 atom stereocenters. The number of carbonyl (C=O) groups is 2. The summed E-state index contributed by atoms with van der Waals surface area (Å²) < 4.78 is 5.30. The van der Waals surface area contributed by atoms with Gasteiger partial charge < -0.3 is 21.1 Å². The molecule has 2 aliphatic carbocycles. The van der Waals surface area contributed by atoms with E-state index >= 15 is 0 Å². The van der Waals surface area contributed by atoms with Crippen LogP contribution in [0.2, 0.25) is 0 Å². The largest absolute Gasteiger partial charge is 0.379 e. The Balaban J connectivity index is 1.32. The van der Waals surface area contributed by atoms with Crippen LogP contribution in [0, 0.1) is 17.8 Å². The van der Waals surface area contributed by atoms with Gasteiger partial charge in [0, 0.05) is 38.1 Å². The van der Waals surface area contributed by atoms with Crippen molar-refractivity contribution in [2.45, 2.75) is 38.1 Å². The highest BCUT2D eigenvalue weighted by Crippen LogP contribution is 2.41. The van der Waals surface area contributed by atoms with Gasteiger partial charge in [-0.25, -0.2) is 0 Å². The number of rotatable bonds is 6. The van der Waals surface area contributed by atoms with E-state index in [1.807, 2.05) is 0 Å². The molecule has 25 heavy (non-hydrogen) atoms. The molecule has 0 aromatic carbocycles. The summed E-state index contributed by atoms with van der Waals surface area (Å²) in [5.74, 6) is 0.883. The van der Waals surface area contributed by atoms with Gasteiger partial charge in [0.2, 0.25) is 11.8 Å². The summed E-state index contributed by atoms with van der Waals surface area (Å²) in [6.07, 6.45) is 5.28. The van der Waals surface area contributed by atoms with Crippen LogP contribution in [0.15, 0.2) is 0 Å². The van der Waals surface area contributed by atoms with Crippen LogP contribution in [0.4, 0.5) is 0 Å². The first-order valence-corrected chi connectivity index (χ1v) is 9.73. The van der Waals surface area contributed by atoms with Gasteiger partial charge in [-0.15, -0.1) is 0 Å². The highest BCUT2D eigenvalue weighted by molar-refractivity contribution is 5.85. The number of carbonyl (C=O) groups excluding carboxylic acids is 2. The molecule has 3 rings (SSSR count). The molecular weight excluding hydrogens is 320 g/mol. The fourth-order valence-electron chi connectivity index (χ4n) is 4.56. The van der Waals surface area contributed by atoms with E-state index in [2.05, 4.69) is 15.5 Å². The third-order valence-corrected chi connectivity index (χ3v) is 6.06. The fraction of sp³-hybridized carbons (Fsp3) is 0.889. The first-order valence-electron chi connectivity index (χ1n) is 9.73. The second kappa shape index (κ2) is 8.96. The average molecular weight is 352 g/mol. The van der Waals surface area contributed by atoms with Crippen molar-refractivity contribution >= 4 is 11.8 Å². The molecule has 3 aliphatic rings. The number of nitrogens with zero attached hydrogens (tertiary/aromatic N) is 1. The van der Waals surface area contributed by atoms with Crippen molar-refractivity contribution in [2.75, 3.05) is 45.9 Å². The van der Waals surface area contributed by atoms with E-state index in [1.165, 1.54) is 6.42 Å². The minimum absolute atomic E-state index is 0.0205. The summed E-state index contributed by atoms with van der Waals surface area (Å²) in [5.41, 5.74) is 6.28. The molecule has 0 aromatic rings. The molecule has 2 amide bonds. The van der Waals surface area contributed by atoms with E-state index in [0.29, 0.717) is 18.4 Å². The first kappa shape index (κ1) is 18.6. The monoisotopic (exact) mass is 352 g/mol. The molecular formula is C18H32N4O3. The van der Waals surface area contributed by atoms with Crippen molar-refractivity contribution < 1.29 is 14.3 Å². The number of amides is 2. The summed E-state index contributed by atoms with van der Waals surface area (Å²) in [7, 11) is 0. The molecule has 2 saturated carbocycles. The van der Waals surface area contributed by atoms with E-state index in [1.54, 1.807) is 0 Å². The third-order valence-electron chi connectivity index (χ3n) is 6.06. The van der Waals surface area contributed by atoms with Crippen LogP contribution in [0.5, 0.6) is 0 Å². The quantitative estimate of drug-likeness (QED) is 0.610. The molecule has 7 heteroatoms. The van der Waals surface area contributed by atoms with Gasteiger partial charge in [-0.2, -0.15) is 0 Å². The molecule has 3 fully saturated rings. The van der Waals surface area contributed by atoms with Crippen LogP contribution in [-0.4, -0.2) is 68.7 Å². The molecule has 2 bridgehead atoms. The molecule has 4 N–H and O–H groups in total. The Kier molecular flexibility index (Phi) is 6.67. The van der Waals surface area contributed by atoms with Crippen LogP contribution in [0.1, 0.15) is 32.1 Å². The zero-order chi connectivity index (χ0) is 17.6. The molecule has 142 valence electrons. The van der Waals surface area contributed by atoms with E-state index < -0.39 is 0 Å². The number of hydrogen-bond donors (Lipinski definition) is 3. The van der Waals surface area contributed by atoms with Gasteiger partial charge in [0.05, 0.1) is 19.8 Å². The molecule has 0 aromatic heterocycles. The van der Waals surface area contributed by atoms with Crippen molar-refractivity contribution in [3.05, 3.63) is 0 Å². The Labute approximate surface area is 150 Å². The molecule has 0 spiro atoms. The van der Waals surface area contributed by atoms with Crippen LogP contribution >= 0.6 is 0 Å². The van der Waals surface area contributed by atoms with Crippen LogP contribution < -0.4 is 16.4 Å². The van der Waals surface area contributed by atoms with Crippen LogP contribution in [0.25, 0.3) is 0 Å². The number of nitrogens with one attached hydrogen (secondary N) is 2. The Hall–Kier alpha value is -1.18. The predicted molar refractivity (Wildman–Crippen MR) is 94.8 cm³/mol. The minimum Gasteiger partial charge on any atom is -0.379 e. The Morgan fingerprint density at radius 3 is 2.44 bits per heavy atom. The van der Waals surface area contributed by atoms with Crippen LogP contribution in [0.3, 0.4) is 0 Å². The number of hydrogen-bond acceptors (Lipinski definition) is 5. The van der Waals surface area contributed by atoms with Gasteiger partial charge in [-0.1, -0.05) is 6.42 Å². The highest BCUT2D eigenvalue weighted by Gasteiger charge is 2.40. The second-order valence-corrected chi connectivity index (χ2v) is 7.72. The standard InChI is InChI=1S/C18H32N4O3/c19-17-13-2-1-3-14(17)11-15(10-13)18(24)21-12-16(23)20-4-5-22-6-8-25-9-7-22/h13-15,17H,1-12,19H2,(H,20,23)(H,21,24). The van der Waals surface area contributed by atoms with Gasteiger partial charge >= 0.3 is 0 Å². The summed E-state index contributed by atoms with van der Waals surface area (Å²) in [6, 6.07) is 0.265. The van der Waals surface area contributed by atoms with Crippen molar-refractivity contribution in [3.63, 3.8) is 0 Å². The Morgan fingerprint density at radius 2 is 1.76 bits per heavy atom. The van der Waals surface area contributed by atoms with E-state index in [-0.39, 0.29) is 30.3 Å². The van der Waals surface area contributed by atoms with Crippen molar-refractivity contribution in [1.29, 1.82) is 0 Å². The summed E-state index contributed by atoms with van der Waals surface area (Å²) in [4.78, 5) is 26.6. The van der Waals surface area contributed by atoms with Crippen molar-refractivity contribution in [2.24, 2.45) is 23.5 Å². The zero-order valence-electron chi connectivity index (χ0n) is 15.0. The summed E-state index contributed by atoms with van der Waals surface area (Å²) in [5, 5.41) is 5.70. The van der Waals surface area contributed by atoms with E-state index in [4.69, 9.17) is 10.5 Å². The van der Waals surface area contributed by atoms with E-state index in [9.17, 15) is 9.59 Å². The number of morpholine rings is 1. The van der Waals surface area contributed by atoms with Gasteiger partial charge in [-0.05, 0) is 37.5 Å². The first-order chi connectivity index (χ1) is 12.1. The number of fused-ring (bicyclic) bond motifs is 2. The lowest BCUT2D eigenvalue weighted by molar-refractivity contribution is -0.130. The normalized spacial score (nSPS) is 32.8. The second-order valence-electron chi connectivity index (χ2n) is 7.72.